The number of hydrogen-bond acceptors (Lipinski definition) is 2. The topological polar surface area (TPSA) is 40.5 Å². The summed E-state index contributed by atoms with van der Waals surface area (Å²) in [5, 5.41) is 9.40. The van der Waals surface area contributed by atoms with Crippen LogP contribution in [-0.2, 0) is 4.79 Å². The van der Waals surface area contributed by atoms with Crippen molar-refractivity contribution in [1.82, 2.24) is 4.90 Å². The molecule has 1 N–H and O–H groups in total. The van der Waals surface area contributed by atoms with Gasteiger partial charge in [0.05, 0.1) is 0 Å². The number of carbonyl (C=O) groups excluding carboxylic acids is 1. The zero-order valence-electron chi connectivity index (χ0n) is 12.1. The molecule has 0 fully saturated rings. The van der Waals surface area contributed by atoms with Gasteiger partial charge in [-0.25, -0.2) is 0 Å². The van der Waals surface area contributed by atoms with Crippen LogP contribution in [0.4, 0.5) is 0 Å². The molecule has 0 spiro atoms. The van der Waals surface area contributed by atoms with Gasteiger partial charge in [0.2, 0.25) is 5.91 Å². The summed E-state index contributed by atoms with van der Waals surface area (Å²) in [6.07, 6.45) is 5.98. The fourth-order valence-electron chi connectivity index (χ4n) is 1.76. The van der Waals surface area contributed by atoms with Gasteiger partial charge in [-0.1, -0.05) is 23.7 Å². The normalized spacial score (nSPS) is 11.0. The lowest BCUT2D eigenvalue weighted by molar-refractivity contribution is -0.124. The molecule has 0 aliphatic heterocycles. The Hall–Kier alpha value is -1.32. The summed E-state index contributed by atoms with van der Waals surface area (Å²) in [6, 6.07) is 5.72. The number of halogens is 1. The number of aryl methyl sites for hydroxylation is 1. The van der Waals surface area contributed by atoms with Crippen LogP contribution in [0.5, 0.6) is 0 Å². The molecule has 0 aliphatic rings. The molecule has 0 saturated carbocycles. The Labute approximate surface area is 125 Å². The van der Waals surface area contributed by atoms with E-state index in [0.29, 0.717) is 11.6 Å². The van der Waals surface area contributed by atoms with E-state index in [-0.39, 0.29) is 12.5 Å². The van der Waals surface area contributed by atoms with Crippen LogP contribution in [0, 0.1) is 6.92 Å². The lowest BCUT2D eigenvalue weighted by atomic mass is 10.1. The maximum Gasteiger partial charge on any atom is 0.246 e. The molecule has 0 aliphatic carbocycles. The van der Waals surface area contributed by atoms with Gasteiger partial charge in [0.15, 0.2) is 0 Å². The molecule has 4 heteroatoms. The Morgan fingerprint density at radius 3 is 2.75 bits per heavy atom. The van der Waals surface area contributed by atoms with Gasteiger partial charge >= 0.3 is 0 Å². The quantitative estimate of drug-likeness (QED) is 0.619. The second kappa shape index (κ2) is 8.77. The number of aliphatic hydroxyl groups excluding tert-OH is 1. The van der Waals surface area contributed by atoms with E-state index in [0.717, 1.165) is 30.4 Å². The van der Waals surface area contributed by atoms with Crippen molar-refractivity contribution < 1.29 is 9.90 Å². The molecule has 0 unspecified atom stereocenters. The molecule has 1 amide bonds. The highest BCUT2D eigenvalue weighted by molar-refractivity contribution is 6.31. The minimum atomic E-state index is -0.0225. The summed E-state index contributed by atoms with van der Waals surface area (Å²) in [7, 11) is 1.79. The van der Waals surface area contributed by atoms with Crippen LogP contribution in [0.15, 0.2) is 24.3 Å². The Morgan fingerprint density at radius 2 is 2.10 bits per heavy atom. The molecular formula is C16H22ClNO2. The molecule has 110 valence electrons. The Kier molecular flexibility index (Phi) is 7.34. The summed E-state index contributed by atoms with van der Waals surface area (Å²) in [5.74, 6) is -0.0225. The molecule has 1 aromatic rings. The highest BCUT2D eigenvalue weighted by Gasteiger charge is 2.04. The van der Waals surface area contributed by atoms with Crippen molar-refractivity contribution in [3.05, 3.63) is 40.4 Å². The Morgan fingerprint density at radius 1 is 1.35 bits per heavy atom. The number of benzene rings is 1. The third kappa shape index (κ3) is 5.76. The fraction of sp³-hybridized carbons (Fsp3) is 0.438. The molecule has 1 aromatic carbocycles. The first-order chi connectivity index (χ1) is 9.54. The standard InChI is InChI=1S/C16H22ClNO2/c1-13-6-7-14(12-15(13)17)8-9-16(20)18(2)10-4-3-5-11-19/h6-9,12,19H,3-5,10-11H2,1-2H3/b9-8+. The van der Waals surface area contributed by atoms with Gasteiger partial charge in [0.25, 0.3) is 0 Å². The van der Waals surface area contributed by atoms with Crippen LogP contribution in [0.2, 0.25) is 5.02 Å². The van der Waals surface area contributed by atoms with Crippen molar-refractivity contribution in [3.8, 4) is 0 Å². The lowest BCUT2D eigenvalue weighted by Crippen LogP contribution is -2.25. The third-order valence-electron chi connectivity index (χ3n) is 3.14. The van der Waals surface area contributed by atoms with E-state index in [1.165, 1.54) is 0 Å². The summed E-state index contributed by atoms with van der Waals surface area (Å²) in [6.45, 7) is 2.87. The van der Waals surface area contributed by atoms with Crippen molar-refractivity contribution in [2.45, 2.75) is 26.2 Å². The molecule has 20 heavy (non-hydrogen) atoms. The lowest BCUT2D eigenvalue weighted by Gasteiger charge is -2.14. The highest BCUT2D eigenvalue weighted by atomic mass is 35.5. The van der Waals surface area contributed by atoms with Crippen LogP contribution >= 0.6 is 11.6 Å². The second-order valence-corrected chi connectivity index (χ2v) is 5.29. The third-order valence-corrected chi connectivity index (χ3v) is 3.55. The van der Waals surface area contributed by atoms with Gasteiger partial charge in [-0.15, -0.1) is 0 Å². The van der Waals surface area contributed by atoms with E-state index in [2.05, 4.69) is 0 Å². The number of likely N-dealkylation sites (N-methyl/N-ethyl adjacent to an activating group) is 1. The number of aliphatic hydroxyl groups is 1. The minimum Gasteiger partial charge on any atom is -0.396 e. The molecule has 0 saturated heterocycles. The molecule has 0 heterocycles. The van der Waals surface area contributed by atoms with Crippen molar-refractivity contribution in [1.29, 1.82) is 0 Å². The van der Waals surface area contributed by atoms with Crippen LogP contribution in [-0.4, -0.2) is 36.1 Å². The van der Waals surface area contributed by atoms with Gasteiger partial charge in [0, 0.05) is 31.3 Å². The van der Waals surface area contributed by atoms with Gasteiger partial charge < -0.3 is 10.0 Å². The van der Waals surface area contributed by atoms with E-state index in [4.69, 9.17) is 16.7 Å². The Bertz CT molecular complexity index is 472. The highest BCUT2D eigenvalue weighted by Crippen LogP contribution is 2.17. The maximum atomic E-state index is 11.9. The van der Waals surface area contributed by atoms with Gasteiger partial charge in [-0.3, -0.25) is 4.79 Å². The van der Waals surface area contributed by atoms with Gasteiger partial charge in [-0.05, 0) is 49.5 Å². The molecule has 0 radical (unpaired) electrons. The van der Waals surface area contributed by atoms with Crippen LogP contribution in [0.3, 0.4) is 0 Å². The zero-order valence-corrected chi connectivity index (χ0v) is 12.9. The van der Waals surface area contributed by atoms with Gasteiger partial charge in [0.1, 0.15) is 0 Å². The number of carbonyl (C=O) groups is 1. The molecule has 0 aromatic heterocycles. The van der Waals surface area contributed by atoms with Crippen molar-refractivity contribution in [3.63, 3.8) is 0 Å². The summed E-state index contributed by atoms with van der Waals surface area (Å²) in [5.41, 5.74) is 1.94. The van der Waals surface area contributed by atoms with Gasteiger partial charge in [-0.2, -0.15) is 0 Å². The molecule has 0 atom stereocenters. The van der Waals surface area contributed by atoms with Crippen molar-refractivity contribution in [2.24, 2.45) is 0 Å². The van der Waals surface area contributed by atoms with E-state index in [1.807, 2.05) is 25.1 Å². The fourth-order valence-corrected chi connectivity index (χ4v) is 1.94. The first-order valence-electron chi connectivity index (χ1n) is 6.85. The number of hydrogen-bond donors (Lipinski definition) is 1. The smallest absolute Gasteiger partial charge is 0.246 e. The van der Waals surface area contributed by atoms with Crippen molar-refractivity contribution >= 4 is 23.6 Å². The van der Waals surface area contributed by atoms with Crippen LogP contribution in [0.1, 0.15) is 30.4 Å². The predicted molar refractivity (Wildman–Crippen MR) is 83.8 cm³/mol. The van der Waals surface area contributed by atoms with Crippen LogP contribution < -0.4 is 0 Å². The first-order valence-corrected chi connectivity index (χ1v) is 7.22. The molecule has 3 nitrogen and oxygen atoms in total. The molecule has 0 bridgehead atoms. The van der Waals surface area contributed by atoms with Crippen LogP contribution in [0.25, 0.3) is 6.08 Å². The second-order valence-electron chi connectivity index (χ2n) is 4.89. The largest absolute Gasteiger partial charge is 0.396 e. The number of amides is 1. The first kappa shape index (κ1) is 16.7. The number of nitrogens with zero attached hydrogens (tertiary/aromatic N) is 1. The van der Waals surface area contributed by atoms with E-state index in [1.54, 1.807) is 24.1 Å². The number of unbranched alkanes of at least 4 members (excludes halogenated alkanes) is 2. The van der Waals surface area contributed by atoms with Crippen molar-refractivity contribution in [2.75, 3.05) is 20.2 Å². The number of rotatable bonds is 7. The average molecular weight is 296 g/mol. The van der Waals surface area contributed by atoms with E-state index < -0.39 is 0 Å². The van der Waals surface area contributed by atoms with E-state index >= 15 is 0 Å². The summed E-state index contributed by atoms with van der Waals surface area (Å²) in [4.78, 5) is 13.6. The monoisotopic (exact) mass is 295 g/mol. The average Bonchev–Trinajstić information content (AvgIpc) is 2.44. The molecule has 1 rings (SSSR count). The minimum absolute atomic E-state index is 0.0225. The zero-order chi connectivity index (χ0) is 15.0. The summed E-state index contributed by atoms with van der Waals surface area (Å²) >= 11 is 6.04. The Balaban J connectivity index is 2.47. The predicted octanol–water partition coefficient (Wildman–Crippen LogP) is 3.28. The SMILES string of the molecule is Cc1ccc(/C=C/C(=O)N(C)CCCCCO)cc1Cl. The van der Waals surface area contributed by atoms with E-state index in [9.17, 15) is 4.79 Å². The summed E-state index contributed by atoms with van der Waals surface area (Å²) < 4.78 is 0. The maximum absolute atomic E-state index is 11.9. The molecular weight excluding hydrogens is 274 g/mol.